The molecular formula is C25H31FN8. The molecule has 1 aliphatic rings. The maximum Gasteiger partial charge on any atom is 0.166 e. The molecule has 0 aromatic carbocycles. The van der Waals surface area contributed by atoms with Crippen LogP contribution in [-0.2, 0) is 13.5 Å². The van der Waals surface area contributed by atoms with E-state index in [9.17, 15) is 4.39 Å². The fraction of sp³-hybridized carbons (Fsp3) is 0.400. The highest BCUT2D eigenvalue weighted by Gasteiger charge is 2.17. The molecule has 0 unspecified atom stereocenters. The van der Waals surface area contributed by atoms with Crippen LogP contribution in [0.3, 0.4) is 0 Å². The third-order valence-electron chi connectivity index (χ3n) is 6.59. The largest absolute Gasteiger partial charge is 0.371 e. The van der Waals surface area contributed by atoms with Crippen LogP contribution in [0.1, 0.15) is 12.0 Å². The van der Waals surface area contributed by atoms with Gasteiger partial charge in [-0.15, -0.1) is 0 Å². The lowest BCUT2D eigenvalue weighted by atomic mass is 10.1. The highest BCUT2D eigenvalue weighted by Crippen LogP contribution is 2.28. The molecule has 1 aliphatic heterocycles. The Balaban J connectivity index is 1.45. The SMILES string of the molecule is CNc1ncc(-c2ccc3c(CCCN4CCN(C)CC4)cn(-c4cnn(C)c4)c3n2)cc1F. The van der Waals surface area contributed by atoms with Crippen molar-refractivity contribution in [1.29, 1.82) is 0 Å². The Bertz CT molecular complexity index is 1290. The van der Waals surface area contributed by atoms with Crippen molar-refractivity contribution in [1.82, 2.24) is 34.1 Å². The van der Waals surface area contributed by atoms with Crippen molar-refractivity contribution < 1.29 is 4.39 Å². The topological polar surface area (TPSA) is 67.0 Å². The monoisotopic (exact) mass is 462 g/mol. The Morgan fingerprint density at radius 2 is 1.88 bits per heavy atom. The number of aromatic nitrogens is 5. The molecule has 0 spiro atoms. The molecule has 1 saturated heterocycles. The first-order chi connectivity index (χ1) is 16.5. The molecule has 0 amide bonds. The van der Waals surface area contributed by atoms with Gasteiger partial charge in [-0.1, -0.05) is 0 Å². The van der Waals surface area contributed by atoms with Crippen molar-refractivity contribution in [2.75, 3.05) is 52.1 Å². The van der Waals surface area contributed by atoms with Crippen molar-refractivity contribution in [3.05, 3.63) is 54.4 Å². The number of rotatable bonds is 7. The van der Waals surface area contributed by atoms with Gasteiger partial charge in [-0.25, -0.2) is 14.4 Å². The van der Waals surface area contributed by atoms with E-state index in [4.69, 9.17) is 4.98 Å². The lowest BCUT2D eigenvalue weighted by Crippen LogP contribution is -2.44. The van der Waals surface area contributed by atoms with Crippen LogP contribution in [0.15, 0.2) is 43.0 Å². The number of nitrogens with one attached hydrogen (secondary N) is 1. The van der Waals surface area contributed by atoms with E-state index in [1.165, 1.54) is 11.6 Å². The minimum atomic E-state index is -0.394. The second-order valence-corrected chi connectivity index (χ2v) is 9.02. The molecule has 4 aromatic heterocycles. The number of likely N-dealkylation sites (N-methyl/N-ethyl adjacent to an activating group) is 1. The van der Waals surface area contributed by atoms with Gasteiger partial charge in [-0.2, -0.15) is 5.10 Å². The summed E-state index contributed by atoms with van der Waals surface area (Å²) in [6, 6.07) is 5.52. The maximum absolute atomic E-state index is 14.3. The van der Waals surface area contributed by atoms with Gasteiger partial charge in [0.05, 0.1) is 17.6 Å². The van der Waals surface area contributed by atoms with E-state index in [0.717, 1.165) is 62.3 Å². The fourth-order valence-electron chi connectivity index (χ4n) is 4.59. The van der Waals surface area contributed by atoms with Gasteiger partial charge in [-0.3, -0.25) is 9.25 Å². The van der Waals surface area contributed by atoms with E-state index < -0.39 is 5.82 Å². The highest BCUT2D eigenvalue weighted by molar-refractivity contribution is 5.84. The smallest absolute Gasteiger partial charge is 0.166 e. The summed E-state index contributed by atoms with van der Waals surface area (Å²) in [5, 5.41) is 8.22. The first-order valence-electron chi connectivity index (χ1n) is 11.8. The van der Waals surface area contributed by atoms with Gasteiger partial charge < -0.3 is 15.1 Å². The number of aryl methyl sites for hydroxylation is 2. The zero-order valence-corrected chi connectivity index (χ0v) is 20.0. The van der Waals surface area contributed by atoms with Gasteiger partial charge in [0.15, 0.2) is 11.6 Å². The molecule has 8 nitrogen and oxygen atoms in total. The van der Waals surface area contributed by atoms with E-state index in [1.54, 1.807) is 17.9 Å². The Labute approximate surface area is 199 Å². The molecule has 5 heterocycles. The van der Waals surface area contributed by atoms with Gasteiger partial charge in [0.25, 0.3) is 0 Å². The molecule has 34 heavy (non-hydrogen) atoms. The van der Waals surface area contributed by atoms with Crippen LogP contribution in [0.5, 0.6) is 0 Å². The third kappa shape index (κ3) is 4.53. The minimum Gasteiger partial charge on any atom is -0.371 e. The Morgan fingerprint density at radius 1 is 1.06 bits per heavy atom. The van der Waals surface area contributed by atoms with Crippen LogP contribution >= 0.6 is 0 Å². The summed E-state index contributed by atoms with van der Waals surface area (Å²) in [5.41, 5.74) is 4.40. The molecular weight excluding hydrogens is 431 g/mol. The van der Waals surface area contributed by atoms with E-state index in [2.05, 4.69) is 49.1 Å². The first-order valence-corrected chi connectivity index (χ1v) is 11.8. The van der Waals surface area contributed by atoms with Crippen LogP contribution < -0.4 is 5.32 Å². The lowest BCUT2D eigenvalue weighted by Gasteiger charge is -2.32. The summed E-state index contributed by atoms with van der Waals surface area (Å²) in [7, 11) is 5.75. The Kier molecular flexibility index (Phi) is 6.30. The molecule has 0 atom stereocenters. The standard InChI is InChI=1S/C25H31FN8/c1-27-24-22(26)13-19(14-28-24)23-7-6-21-18(5-4-8-33-11-9-31(2)10-12-33)16-34(25(21)30-23)20-15-29-32(3)17-20/h6-7,13-17H,4-5,8-12H2,1-3H3,(H,27,28). The van der Waals surface area contributed by atoms with Crippen molar-refractivity contribution in [2.45, 2.75) is 12.8 Å². The average molecular weight is 463 g/mol. The van der Waals surface area contributed by atoms with Crippen LogP contribution in [0.2, 0.25) is 0 Å². The number of hydrogen-bond donors (Lipinski definition) is 1. The first kappa shape index (κ1) is 22.5. The van der Waals surface area contributed by atoms with E-state index >= 15 is 0 Å². The number of nitrogens with zero attached hydrogens (tertiary/aromatic N) is 7. The highest BCUT2D eigenvalue weighted by atomic mass is 19.1. The molecule has 0 bridgehead atoms. The normalized spacial score (nSPS) is 15.3. The van der Waals surface area contributed by atoms with Crippen molar-refractivity contribution in [3.63, 3.8) is 0 Å². The van der Waals surface area contributed by atoms with Gasteiger partial charge in [0, 0.05) is 69.8 Å². The van der Waals surface area contributed by atoms with Gasteiger partial charge >= 0.3 is 0 Å². The van der Waals surface area contributed by atoms with E-state index in [0.29, 0.717) is 11.3 Å². The lowest BCUT2D eigenvalue weighted by molar-refractivity contribution is 0.153. The molecule has 178 valence electrons. The Morgan fingerprint density at radius 3 is 2.59 bits per heavy atom. The predicted octanol–water partition coefficient (Wildman–Crippen LogP) is 3.18. The zero-order valence-electron chi connectivity index (χ0n) is 20.0. The van der Waals surface area contributed by atoms with Gasteiger partial charge in [-0.05, 0) is 50.2 Å². The number of piperazine rings is 1. The maximum atomic E-state index is 14.3. The predicted molar refractivity (Wildman–Crippen MR) is 133 cm³/mol. The Hall–Kier alpha value is -3.30. The third-order valence-corrected chi connectivity index (χ3v) is 6.59. The van der Waals surface area contributed by atoms with Crippen molar-refractivity contribution in [2.24, 2.45) is 7.05 Å². The summed E-state index contributed by atoms with van der Waals surface area (Å²) in [6.07, 6.45) is 9.71. The minimum absolute atomic E-state index is 0.228. The van der Waals surface area contributed by atoms with Gasteiger partial charge in [0.1, 0.15) is 5.65 Å². The van der Waals surface area contributed by atoms with Crippen LogP contribution in [0.4, 0.5) is 10.2 Å². The number of halogens is 1. The summed E-state index contributed by atoms with van der Waals surface area (Å²) < 4.78 is 18.2. The number of pyridine rings is 2. The summed E-state index contributed by atoms with van der Waals surface area (Å²) in [5.74, 6) is -0.166. The molecule has 5 rings (SSSR count). The molecule has 1 N–H and O–H groups in total. The van der Waals surface area contributed by atoms with Crippen LogP contribution in [0, 0.1) is 5.82 Å². The number of fused-ring (bicyclic) bond motifs is 1. The average Bonchev–Trinajstić information content (AvgIpc) is 3.43. The second kappa shape index (κ2) is 9.52. The van der Waals surface area contributed by atoms with E-state index in [-0.39, 0.29) is 5.82 Å². The van der Waals surface area contributed by atoms with Crippen LogP contribution in [-0.4, -0.2) is 80.9 Å². The quantitative estimate of drug-likeness (QED) is 0.455. The molecule has 1 fully saturated rings. The second-order valence-electron chi connectivity index (χ2n) is 9.02. The van der Waals surface area contributed by atoms with E-state index in [1.807, 2.05) is 25.5 Å². The van der Waals surface area contributed by atoms with Gasteiger partial charge in [0.2, 0.25) is 0 Å². The van der Waals surface area contributed by atoms with Crippen molar-refractivity contribution >= 4 is 16.9 Å². The summed E-state index contributed by atoms with van der Waals surface area (Å²) in [6.45, 7) is 5.64. The summed E-state index contributed by atoms with van der Waals surface area (Å²) >= 11 is 0. The molecule has 0 radical (unpaired) electrons. The molecule has 0 saturated carbocycles. The summed E-state index contributed by atoms with van der Waals surface area (Å²) in [4.78, 5) is 14.0. The molecule has 9 heteroatoms. The van der Waals surface area contributed by atoms with Crippen molar-refractivity contribution in [3.8, 4) is 16.9 Å². The molecule has 4 aromatic rings. The van der Waals surface area contributed by atoms with Crippen LogP contribution in [0.25, 0.3) is 28.0 Å². The molecule has 0 aliphatic carbocycles. The number of hydrogen-bond acceptors (Lipinski definition) is 6. The number of anilines is 1. The zero-order chi connectivity index (χ0) is 23.7. The fourth-order valence-corrected chi connectivity index (χ4v) is 4.59.